The molecular weight excluding hydrogens is 290 g/mol. The lowest BCUT2D eigenvalue weighted by Crippen LogP contribution is -2.12. The quantitative estimate of drug-likeness (QED) is 0.679. The summed E-state index contributed by atoms with van der Waals surface area (Å²) < 4.78 is 0.856. The molecule has 0 aliphatic rings. The highest BCUT2D eigenvalue weighted by molar-refractivity contribution is 8.00. The molecule has 0 unspecified atom stereocenters. The van der Waals surface area contributed by atoms with Gasteiger partial charge in [-0.1, -0.05) is 41.3 Å². The van der Waals surface area contributed by atoms with Gasteiger partial charge in [0.1, 0.15) is 0 Å². The van der Waals surface area contributed by atoms with E-state index in [2.05, 4.69) is 47.6 Å². The summed E-state index contributed by atoms with van der Waals surface area (Å²) in [6, 6.07) is 6.31. The van der Waals surface area contributed by atoms with Crippen molar-refractivity contribution < 1.29 is 4.79 Å². The number of carbonyl (C=O) groups excluding carboxylic acids is 1. The third-order valence-electron chi connectivity index (χ3n) is 3.04. The van der Waals surface area contributed by atoms with Crippen LogP contribution in [0, 0.1) is 13.8 Å². The number of nitrogens with zero attached hydrogens (tertiary/aromatic N) is 2. The van der Waals surface area contributed by atoms with E-state index in [1.807, 2.05) is 6.26 Å². The number of amides is 1. The Labute approximate surface area is 127 Å². The van der Waals surface area contributed by atoms with E-state index in [1.54, 1.807) is 0 Å². The van der Waals surface area contributed by atoms with Crippen LogP contribution in [0.4, 0.5) is 5.13 Å². The van der Waals surface area contributed by atoms with E-state index in [0.717, 1.165) is 10.8 Å². The Morgan fingerprint density at radius 3 is 2.75 bits per heavy atom. The van der Waals surface area contributed by atoms with Crippen LogP contribution in [0.15, 0.2) is 22.5 Å². The van der Waals surface area contributed by atoms with Crippen molar-refractivity contribution in [2.45, 2.75) is 31.0 Å². The summed E-state index contributed by atoms with van der Waals surface area (Å²) in [5.41, 5.74) is 3.72. The molecule has 1 aromatic heterocycles. The molecule has 4 nitrogen and oxygen atoms in total. The Bertz CT molecular complexity index is 610. The van der Waals surface area contributed by atoms with Crippen LogP contribution in [0.2, 0.25) is 0 Å². The number of hydrogen-bond donors (Lipinski definition) is 1. The second kappa shape index (κ2) is 6.85. The highest BCUT2D eigenvalue weighted by Gasteiger charge is 2.08. The third kappa shape index (κ3) is 4.05. The van der Waals surface area contributed by atoms with Crippen LogP contribution in [0.25, 0.3) is 0 Å². The van der Waals surface area contributed by atoms with Gasteiger partial charge in [-0.3, -0.25) is 4.79 Å². The summed E-state index contributed by atoms with van der Waals surface area (Å²) in [4.78, 5) is 11.9. The van der Waals surface area contributed by atoms with Crippen molar-refractivity contribution >= 4 is 34.1 Å². The molecule has 0 spiro atoms. The van der Waals surface area contributed by atoms with Crippen molar-refractivity contribution in [1.29, 1.82) is 0 Å². The van der Waals surface area contributed by atoms with Gasteiger partial charge in [-0.05, 0) is 43.2 Å². The molecule has 0 aliphatic heterocycles. The standard InChI is InChI=1S/C14H17N3OS2/c1-9-4-5-11(8-10(9)2)6-7-12(18)15-13-16-17-14(19-3)20-13/h4-5,8H,6-7H2,1-3H3,(H,15,16,18). The number of aromatic nitrogens is 2. The average Bonchev–Trinajstić information content (AvgIpc) is 2.88. The van der Waals surface area contributed by atoms with Gasteiger partial charge in [0.2, 0.25) is 11.0 Å². The van der Waals surface area contributed by atoms with Crippen molar-refractivity contribution in [3.05, 3.63) is 34.9 Å². The van der Waals surface area contributed by atoms with Gasteiger partial charge in [0.05, 0.1) is 0 Å². The molecular formula is C14H17N3OS2. The Morgan fingerprint density at radius 1 is 1.30 bits per heavy atom. The molecule has 6 heteroatoms. The first-order valence-corrected chi connectivity index (χ1v) is 8.36. The van der Waals surface area contributed by atoms with E-state index in [1.165, 1.54) is 39.8 Å². The summed E-state index contributed by atoms with van der Waals surface area (Å²) >= 11 is 2.92. The molecule has 0 aliphatic carbocycles. The lowest BCUT2D eigenvalue weighted by atomic mass is 10.0. The number of thioether (sulfide) groups is 1. The topological polar surface area (TPSA) is 54.9 Å². The molecule has 0 fully saturated rings. The van der Waals surface area contributed by atoms with Crippen LogP contribution in [-0.2, 0) is 11.2 Å². The predicted molar refractivity (Wildman–Crippen MR) is 84.6 cm³/mol. The number of nitrogens with one attached hydrogen (secondary N) is 1. The lowest BCUT2D eigenvalue weighted by Gasteiger charge is -2.05. The molecule has 106 valence electrons. The van der Waals surface area contributed by atoms with Gasteiger partial charge in [-0.2, -0.15) is 0 Å². The van der Waals surface area contributed by atoms with Gasteiger partial charge in [0, 0.05) is 6.42 Å². The smallest absolute Gasteiger partial charge is 0.226 e. The van der Waals surface area contributed by atoms with Crippen molar-refractivity contribution in [2.24, 2.45) is 0 Å². The zero-order chi connectivity index (χ0) is 14.5. The first-order valence-electron chi connectivity index (χ1n) is 6.32. The Hall–Kier alpha value is -1.40. The zero-order valence-corrected chi connectivity index (χ0v) is 13.4. The van der Waals surface area contributed by atoms with Gasteiger partial charge in [-0.15, -0.1) is 10.2 Å². The third-order valence-corrected chi connectivity index (χ3v) is 4.85. The van der Waals surface area contributed by atoms with Crippen molar-refractivity contribution in [3.63, 3.8) is 0 Å². The van der Waals surface area contributed by atoms with E-state index in [4.69, 9.17) is 0 Å². The fourth-order valence-corrected chi connectivity index (χ4v) is 2.93. The highest BCUT2D eigenvalue weighted by Crippen LogP contribution is 2.23. The molecule has 0 radical (unpaired) electrons. The molecule has 0 bridgehead atoms. The lowest BCUT2D eigenvalue weighted by molar-refractivity contribution is -0.116. The van der Waals surface area contributed by atoms with Crippen LogP contribution >= 0.6 is 23.1 Å². The van der Waals surface area contributed by atoms with Gasteiger partial charge < -0.3 is 5.32 Å². The zero-order valence-electron chi connectivity index (χ0n) is 11.8. The largest absolute Gasteiger partial charge is 0.300 e. The van der Waals surface area contributed by atoms with E-state index >= 15 is 0 Å². The number of benzene rings is 1. The molecule has 2 aromatic rings. The molecule has 1 amide bonds. The second-order valence-corrected chi connectivity index (χ2v) is 6.57. The van der Waals surface area contributed by atoms with Crippen LogP contribution in [0.1, 0.15) is 23.1 Å². The monoisotopic (exact) mass is 307 g/mol. The minimum absolute atomic E-state index is 0.0213. The SMILES string of the molecule is CSc1nnc(NC(=O)CCc2ccc(C)c(C)c2)s1. The van der Waals surface area contributed by atoms with Crippen LogP contribution in [0.3, 0.4) is 0 Å². The Balaban J connectivity index is 1.87. The van der Waals surface area contributed by atoms with Gasteiger partial charge in [-0.25, -0.2) is 0 Å². The fourth-order valence-electron chi connectivity index (χ4n) is 1.74. The maximum atomic E-state index is 11.9. The highest BCUT2D eigenvalue weighted by atomic mass is 32.2. The predicted octanol–water partition coefficient (Wildman–Crippen LogP) is 3.45. The van der Waals surface area contributed by atoms with E-state index in [-0.39, 0.29) is 5.91 Å². The van der Waals surface area contributed by atoms with Crippen LogP contribution < -0.4 is 5.32 Å². The van der Waals surface area contributed by atoms with Gasteiger partial charge >= 0.3 is 0 Å². The maximum Gasteiger partial charge on any atom is 0.226 e. The van der Waals surface area contributed by atoms with Gasteiger partial charge in [0.15, 0.2) is 4.34 Å². The molecule has 20 heavy (non-hydrogen) atoms. The molecule has 1 heterocycles. The average molecular weight is 307 g/mol. The molecule has 1 N–H and O–H groups in total. The first kappa shape index (κ1) is 15.0. The first-order chi connectivity index (χ1) is 9.58. The molecule has 0 atom stereocenters. The van der Waals surface area contributed by atoms with Crippen LogP contribution in [-0.4, -0.2) is 22.4 Å². The number of rotatable bonds is 5. The van der Waals surface area contributed by atoms with Gasteiger partial charge in [0.25, 0.3) is 0 Å². The van der Waals surface area contributed by atoms with Crippen molar-refractivity contribution in [1.82, 2.24) is 10.2 Å². The summed E-state index contributed by atoms with van der Waals surface area (Å²) in [6.07, 6.45) is 3.13. The Kier molecular flexibility index (Phi) is 5.14. The van der Waals surface area contributed by atoms with E-state index in [0.29, 0.717) is 11.6 Å². The molecule has 0 saturated carbocycles. The fraction of sp³-hybridized carbons (Fsp3) is 0.357. The molecule has 0 saturated heterocycles. The minimum Gasteiger partial charge on any atom is -0.300 e. The normalized spacial score (nSPS) is 10.6. The summed E-state index contributed by atoms with van der Waals surface area (Å²) in [7, 11) is 0. The van der Waals surface area contributed by atoms with Crippen molar-refractivity contribution in [3.8, 4) is 0 Å². The minimum atomic E-state index is -0.0213. The summed E-state index contributed by atoms with van der Waals surface area (Å²) in [5, 5.41) is 11.2. The molecule has 1 aromatic carbocycles. The number of aryl methyl sites for hydroxylation is 3. The van der Waals surface area contributed by atoms with Crippen LogP contribution in [0.5, 0.6) is 0 Å². The second-order valence-electron chi connectivity index (χ2n) is 4.54. The van der Waals surface area contributed by atoms with E-state index in [9.17, 15) is 4.79 Å². The number of hydrogen-bond acceptors (Lipinski definition) is 5. The number of carbonyl (C=O) groups is 1. The maximum absolute atomic E-state index is 11.9. The number of anilines is 1. The summed E-state index contributed by atoms with van der Waals surface area (Å²) in [6.45, 7) is 4.18. The van der Waals surface area contributed by atoms with E-state index < -0.39 is 0 Å². The van der Waals surface area contributed by atoms with Crippen molar-refractivity contribution in [2.75, 3.05) is 11.6 Å². The summed E-state index contributed by atoms with van der Waals surface area (Å²) in [5.74, 6) is -0.0213. The Morgan fingerprint density at radius 2 is 2.10 bits per heavy atom. The molecule has 2 rings (SSSR count).